The third kappa shape index (κ3) is 5.42. The van der Waals surface area contributed by atoms with Crippen molar-refractivity contribution < 1.29 is 31.9 Å². The molecule has 4 aliphatic heterocycles. The number of halogens is 4. The van der Waals surface area contributed by atoms with Gasteiger partial charge in [-0.05, 0) is 31.2 Å². The summed E-state index contributed by atoms with van der Waals surface area (Å²) in [6.45, 7) is 5.57. The molecule has 2 aromatic rings. The highest BCUT2D eigenvalue weighted by Gasteiger charge is 2.50. The number of rotatable bonds is 4. The summed E-state index contributed by atoms with van der Waals surface area (Å²) in [5.74, 6) is -2.98. The summed E-state index contributed by atoms with van der Waals surface area (Å²) in [6, 6.07) is 5.17. The molecule has 14 heteroatoms. The Kier molecular flexibility index (Phi) is 7.53. The Morgan fingerprint density at radius 1 is 1.09 bits per heavy atom. The number of aromatic nitrogens is 1. The summed E-state index contributed by atoms with van der Waals surface area (Å²) >= 11 is 0. The standard InChI is InChI=1S/C29H33F4N7O3/c1-17-10-19(29(31,32)33)12-23(35-17)40-24(41)11-18-15-39(16-25(42)38-8-6-37(7-9-38)20-13-34-14-20)27-21(30)4-3-5-22(27)36(2)28(43)26(18)40/h3-5,10,12,18,20,26,34H,6-9,11,13-16H2,1-2H3/t18-,26+/m1/s1. The van der Waals surface area contributed by atoms with Crippen molar-refractivity contribution in [2.75, 3.05) is 74.1 Å². The number of piperazine rings is 1. The topological polar surface area (TPSA) is 92.3 Å². The molecule has 1 N–H and O–H groups in total. The van der Waals surface area contributed by atoms with E-state index < -0.39 is 41.3 Å². The number of carbonyl (C=O) groups is 3. The average molecular weight is 604 g/mol. The number of para-hydroxylation sites is 1. The average Bonchev–Trinajstić information content (AvgIpc) is 3.24. The van der Waals surface area contributed by atoms with Gasteiger partial charge in [0.1, 0.15) is 17.7 Å². The molecular formula is C29H33F4N7O3. The third-order valence-electron chi connectivity index (χ3n) is 8.90. The van der Waals surface area contributed by atoms with Crippen LogP contribution >= 0.6 is 0 Å². The van der Waals surface area contributed by atoms with Gasteiger partial charge in [0.05, 0.1) is 23.5 Å². The van der Waals surface area contributed by atoms with E-state index in [1.165, 1.54) is 31.0 Å². The quantitative estimate of drug-likeness (QED) is 0.534. The summed E-state index contributed by atoms with van der Waals surface area (Å²) < 4.78 is 56.4. The Morgan fingerprint density at radius 2 is 1.81 bits per heavy atom. The molecule has 3 amide bonds. The molecule has 1 aromatic heterocycles. The molecule has 230 valence electrons. The zero-order chi connectivity index (χ0) is 30.6. The highest BCUT2D eigenvalue weighted by atomic mass is 19.4. The van der Waals surface area contributed by atoms with E-state index in [-0.39, 0.29) is 48.3 Å². The van der Waals surface area contributed by atoms with Gasteiger partial charge in [0, 0.05) is 76.9 Å². The van der Waals surface area contributed by atoms with Gasteiger partial charge in [0.15, 0.2) is 0 Å². The van der Waals surface area contributed by atoms with Crippen LogP contribution in [-0.2, 0) is 20.6 Å². The van der Waals surface area contributed by atoms with Gasteiger partial charge >= 0.3 is 6.18 Å². The molecule has 3 fully saturated rings. The number of pyridine rings is 1. The van der Waals surface area contributed by atoms with Crippen LogP contribution in [0.25, 0.3) is 0 Å². The third-order valence-corrected chi connectivity index (χ3v) is 8.90. The van der Waals surface area contributed by atoms with Crippen molar-refractivity contribution in [1.82, 2.24) is 20.1 Å². The maximum Gasteiger partial charge on any atom is 0.416 e. The van der Waals surface area contributed by atoms with Crippen LogP contribution in [0.5, 0.6) is 0 Å². The Morgan fingerprint density at radius 3 is 2.47 bits per heavy atom. The van der Waals surface area contributed by atoms with Gasteiger partial charge in [-0.15, -0.1) is 0 Å². The number of hydrogen-bond acceptors (Lipinski definition) is 7. The van der Waals surface area contributed by atoms with Crippen LogP contribution in [0.3, 0.4) is 0 Å². The first-order valence-corrected chi connectivity index (χ1v) is 14.3. The molecule has 4 aliphatic rings. The Hall–Kier alpha value is -3.78. The van der Waals surface area contributed by atoms with E-state index in [0.717, 1.165) is 43.2 Å². The predicted molar refractivity (Wildman–Crippen MR) is 150 cm³/mol. The minimum atomic E-state index is -4.68. The molecule has 5 heterocycles. The van der Waals surface area contributed by atoms with Gasteiger partial charge < -0.3 is 20.0 Å². The molecule has 3 saturated heterocycles. The lowest BCUT2D eigenvalue weighted by Crippen LogP contribution is -2.62. The number of alkyl halides is 3. The molecule has 10 nitrogen and oxygen atoms in total. The number of likely N-dealkylation sites (N-methyl/N-ethyl adjacent to an activating group) is 1. The number of carbonyl (C=O) groups excluding carboxylic acids is 3. The Balaban J connectivity index is 1.32. The van der Waals surface area contributed by atoms with Crippen LogP contribution in [0.1, 0.15) is 17.7 Å². The fourth-order valence-electron chi connectivity index (χ4n) is 6.54. The maximum absolute atomic E-state index is 15.5. The minimum absolute atomic E-state index is 0.0299. The van der Waals surface area contributed by atoms with Crippen molar-refractivity contribution in [3.05, 3.63) is 47.4 Å². The van der Waals surface area contributed by atoms with E-state index in [1.54, 1.807) is 15.9 Å². The lowest BCUT2D eigenvalue weighted by Gasteiger charge is -2.44. The number of nitrogens with one attached hydrogen (secondary N) is 1. The van der Waals surface area contributed by atoms with Crippen molar-refractivity contribution in [3.8, 4) is 0 Å². The smallest absolute Gasteiger partial charge is 0.358 e. The molecule has 0 radical (unpaired) electrons. The number of fused-ring (bicyclic) bond motifs is 2. The summed E-state index contributed by atoms with van der Waals surface area (Å²) in [6.07, 6.45) is -4.86. The van der Waals surface area contributed by atoms with Crippen LogP contribution in [-0.4, -0.2) is 104 Å². The molecule has 0 unspecified atom stereocenters. The van der Waals surface area contributed by atoms with Crippen LogP contribution in [0, 0.1) is 18.7 Å². The molecule has 0 saturated carbocycles. The maximum atomic E-state index is 15.5. The van der Waals surface area contributed by atoms with Crippen molar-refractivity contribution >= 4 is 34.9 Å². The van der Waals surface area contributed by atoms with Crippen LogP contribution in [0.2, 0.25) is 0 Å². The van der Waals surface area contributed by atoms with E-state index in [4.69, 9.17) is 0 Å². The van der Waals surface area contributed by atoms with Crippen LogP contribution in [0.15, 0.2) is 30.3 Å². The summed E-state index contributed by atoms with van der Waals surface area (Å²) in [7, 11) is 1.43. The highest BCUT2D eigenvalue weighted by molar-refractivity contribution is 6.10. The lowest BCUT2D eigenvalue weighted by molar-refractivity contribution is -0.137. The molecule has 43 heavy (non-hydrogen) atoms. The van der Waals surface area contributed by atoms with Crippen LogP contribution in [0.4, 0.5) is 34.8 Å². The predicted octanol–water partition coefficient (Wildman–Crippen LogP) is 1.87. The first-order valence-electron chi connectivity index (χ1n) is 14.3. The van der Waals surface area contributed by atoms with Crippen molar-refractivity contribution in [2.45, 2.75) is 31.6 Å². The zero-order valence-electron chi connectivity index (χ0n) is 23.9. The van der Waals surface area contributed by atoms with Gasteiger partial charge in [0.2, 0.25) is 17.7 Å². The molecular weight excluding hydrogens is 570 g/mol. The first-order chi connectivity index (χ1) is 20.4. The second kappa shape index (κ2) is 11.1. The monoisotopic (exact) mass is 603 g/mol. The van der Waals surface area contributed by atoms with E-state index in [9.17, 15) is 27.6 Å². The SMILES string of the molecule is Cc1cc(C(F)(F)F)cc(N2C(=O)C[C@@H]3CN(CC(=O)N4CCN(C5CNC5)CC4)c4c(F)cccc4N(C)C(=O)[C@H]32)n1. The van der Waals surface area contributed by atoms with Gasteiger partial charge in [-0.1, -0.05) is 6.07 Å². The second-order valence-electron chi connectivity index (χ2n) is 11.6. The number of nitrogens with zero attached hydrogens (tertiary/aromatic N) is 6. The highest BCUT2D eigenvalue weighted by Crippen LogP contribution is 2.41. The normalized spacial score (nSPS) is 23.6. The van der Waals surface area contributed by atoms with Crippen LogP contribution < -0.4 is 20.0 Å². The summed E-state index contributed by atoms with van der Waals surface area (Å²) in [5.41, 5.74) is -0.665. The number of anilines is 3. The number of amides is 3. The number of aryl methyl sites for hydroxylation is 1. The first kappa shape index (κ1) is 29.3. The van der Waals surface area contributed by atoms with E-state index in [1.807, 2.05) is 0 Å². The second-order valence-corrected chi connectivity index (χ2v) is 11.6. The molecule has 0 bridgehead atoms. The van der Waals surface area contributed by atoms with E-state index in [2.05, 4.69) is 15.2 Å². The van der Waals surface area contributed by atoms with Gasteiger partial charge in [-0.25, -0.2) is 9.37 Å². The molecule has 1 aromatic carbocycles. The van der Waals surface area contributed by atoms with E-state index in [0.29, 0.717) is 19.1 Å². The fourth-order valence-corrected chi connectivity index (χ4v) is 6.54. The van der Waals surface area contributed by atoms with Crippen molar-refractivity contribution in [2.24, 2.45) is 5.92 Å². The van der Waals surface area contributed by atoms with Gasteiger partial charge in [-0.2, -0.15) is 13.2 Å². The Labute approximate surface area is 246 Å². The minimum Gasteiger partial charge on any atom is -0.358 e. The summed E-state index contributed by atoms with van der Waals surface area (Å²) in [4.78, 5) is 52.9. The molecule has 0 spiro atoms. The number of benzene rings is 1. The van der Waals surface area contributed by atoms with Gasteiger partial charge in [0.25, 0.3) is 0 Å². The van der Waals surface area contributed by atoms with Crippen molar-refractivity contribution in [1.29, 1.82) is 0 Å². The van der Waals surface area contributed by atoms with Crippen molar-refractivity contribution in [3.63, 3.8) is 0 Å². The molecule has 0 aliphatic carbocycles. The van der Waals surface area contributed by atoms with E-state index >= 15 is 4.39 Å². The van der Waals surface area contributed by atoms with Gasteiger partial charge in [-0.3, -0.25) is 24.2 Å². The Bertz CT molecular complexity index is 1440. The fraction of sp³-hybridized carbons (Fsp3) is 0.517. The summed E-state index contributed by atoms with van der Waals surface area (Å²) in [5, 5.41) is 3.25. The lowest BCUT2D eigenvalue weighted by atomic mass is 9.95. The molecule has 6 rings (SSSR count). The molecule has 2 atom stereocenters. The largest absolute Gasteiger partial charge is 0.416 e. The zero-order valence-corrected chi connectivity index (χ0v) is 23.9. The number of hydrogen-bond donors (Lipinski definition) is 1.